The summed E-state index contributed by atoms with van der Waals surface area (Å²) >= 11 is 0. The summed E-state index contributed by atoms with van der Waals surface area (Å²) < 4.78 is 10.5. The second-order valence-corrected chi connectivity index (χ2v) is 7.24. The highest BCUT2D eigenvalue weighted by molar-refractivity contribution is 6.08. The monoisotopic (exact) mass is 432 g/mol. The Balaban J connectivity index is 1.54. The summed E-state index contributed by atoms with van der Waals surface area (Å²) in [6.07, 6.45) is 4.06. The van der Waals surface area contributed by atoms with Crippen molar-refractivity contribution < 1.29 is 13.9 Å². The number of anilines is 1. The molecule has 0 spiro atoms. The summed E-state index contributed by atoms with van der Waals surface area (Å²) in [6.45, 7) is 4.18. The third kappa shape index (κ3) is 4.94. The maximum atomic E-state index is 12.5. The number of hydrogen-bond donors (Lipinski definition) is 3. The molecule has 1 aromatic carbocycles. The van der Waals surface area contributed by atoms with Crippen molar-refractivity contribution in [2.75, 3.05) is 19.0 Å². The highest BCUT2D eigenvalue weighted by atomic mass is 16.5. The quantitative estimate of drug-likeness (QED) is 0.316. The highest BCUT2D eigenvalue weighted by Crippen LogP contribution is 2.24. The zero-order chi connectivity index (χ0) is 22.5. The van der Waals surface area contributed by atoms with Gasteiger partial charge in [0.05, 0.1) is 13.4 Å². The molecule has 0 aliphatic rings. The van der Waals surface area contributed by atoms with E-state index in [0.29, 0.717) is 18.9 Å². The summed E-state index contributed by atoms with van der Waals surface area (Å²) in [5.74, 6) is 1.17. The van der Waals surface area contributed by atoms with E-state index in [2.05, 4.69) is 30.6 Å². The van der Waals surface area contributed by atoms with E-state index in [9.17, 15) is 4.79 Å². The van der Waals surface area contributed by atoms with Gasteiger partial charge in [0.25, 0.3) is 5.91 Å². The number of aromatic amines is 1. The topological polar surface area (TPSA) is 117 Å². The van der Waals surface area contributed by atoms with Gasteiger partial charge in [0.15, 0.2) is 5.76 Å². The van der Waals surface area contributed by atoms with Gasteiger partial charge in [-0.1, -0.05) is 0 Å². The van der Waals surface area contributed by atoms with E-state index in [1.54, 1.807) is 19.2 Å². The van der Waals surface area contributed by atoms with Crippen LogP contribution >= 0.6 is 0 Å². The molecular formula is C23H24N6O3. The number of benzene rings is 1. The van der Waals surface area contributed by atoms with Crippen LogP contribution in [-0.2, 0) is 6.42 Å². The van der Waals surface area contributed by atoms with E-state index < -0.39 is 5.91 Å². The molecule has 164 valence electrons. The predicted molar refractivity (Wildman–Crippen MR) is 122 cm³/mol. The summed E-state index contributed by atoms with van der Waals surface area (Å²) in [4.78, 5) is 29.0. The Kier molecular flexibility index (Phi) is 6.16. The van der Waals surface area contributed by atoms with E-state index in [0.717, 1.165) is 33.6 Å². The van der Waals surface area contributed by atoms with Crippen LogP contribution < -0.4 is 15.4 Å². The number of aryl methyl sites for hydroxylation is 2. The summed E-state index contributed by atoms with van der Waals surface area (Å²) in [5.41, 5.74) is 3.74. The molecule has 0 radical (unpaired) electrons. The molecule has 3 heterocycles. The number of rotatable bonds is 6. The number of fused-ring (bicyclic) bond motifs is 1. The number of H-pyrrole nitrogens is 1. The molecule has 1 amide bonds. The first kappa shape index (κ1) is 21.1. The Bertz CT molecular complexity index is 1240. The molecule has 0 aliphatic heterocycles. The maximum Gasteiger partial charge on any atom is 0.293 e. The average Bonchev–Trinajstić information content (AvgIpc) is 3.43. The number of ether oxygens (including phenoxy) is 1. The number of carbonyl (C=O) groups excluding carboxylic acids is 1. The van der Waals surface area contributed by atoms with Crippen molar-refractivity contribution in [3.8, 4) is 5.75 Å². The number of aromatic nitrogens is 3. The second kappa shape index (κ2) is 9.34. The van der Waals surface area contributed by atoms with Gasteiger partial charge in [0.2, 0.25) is 11.9 Å². The maximum absolute atomic E-state index is 12.5. The minimum absolute atomic E-state index is 0.185. The zero-order valence-electron chi connectivity index (χ0n) is 18.1. The lowest BCUT2D eigenvalue weighted by Crippen LogP contribution is -2.36. The van der Waals surface area contributed by atoms with Crippen molar-refractivity contribution >= 4 is 28.7 Å². The van der Waals surface area contributed by atoms with Crippen LogP contribution in [0.1, 0.15) is 27.5 Å². The number of aliphatic imine (C=N–C) groups is 1. The lowest BCUT2D eigenvalue weighted by Gasteiger charge is -2.11. The molecule has 0 fully saturated rings. The molecule has 3 N–H and O–H groups in total. The van der Waals surface area contributed by atoms with E-state index in [1.807, 2.05) is 44.3 Å². The number of guanidine groups is 1. The predicted octanol–water partition coefficient (Wildman–Crippen LogP) is 3.62. The standard InChI is InChI=1S/C23H24N6O3/c1-14-11-15(2)27-23(26-14)29-22(28-21(30)20-5-4-10-32-20)24-9-8-16-13-25-19-7-6-17(31-3)12-18(16)19/h4-7,10-13,25H,8-9H2,1-3H3,(H2,24,26,27,28,29,30). The van der Waals surface area contributed by atoms with E-state index in [4.69, 9.17) is 9.15 Å². The van der Waals surface area contributed by atoms with Gasteiger partial charge in [-0.3, -0.25) is 20.4 Å². The van der Waals surface area contributed by atoms with Crippen LogP contribution in [0.3, 0.4) is 0 Å². The minimum Gasteiger partial charge on any atom is -0.497 e. The molecule has 0 saturated carbocycles. The fourth-order valence-electron chi connectivity index (χ4n) is 3.35. The summed E-state index contributed by atoms with van der Waals surface area (Å²) in [6, 6.07) is 11.0. The van der Waals surface area contributed by atoms with Gasteiger partial charge in [-0.15, -0.1) is 0 Å². The lowest BCUT2D eigenvalue weighted by atomic mass is 10.1. The molecule has 3 aromatic heterocycles. The molecular weight excluding hydrogens is 408 g/mol. The van der Waals surface area contributed by atoms with Crippen molar-refractivity contribution in [3.05, 3.63) is 71.6 Å². The zero-order valence-corrected chi connectivity index (χ0v) is 18.1. The normalized spacial score (nSPS) is 11.5. The molecule has 32 heavy (non-hydrogen) atoms. The largest absolute Gasteiger partial charge is 0.497 e. The first-order valence-electron chi connectivity index (χ1n) is 10.1. The average molecular weight is 432 g/mol. The molecule has 4 rings (SSSR count). The van der Waals surface area contributed by atoms with E-state index >= 15 is 0 Å². The minimum atomic E-state index is -0.414. The van der Waals surface area contributed by atoms with Crippen molar-refractivity contribution in [1.82, 2.24) is 20.3 Å². The fraction of sp³-hybridized carbons (Fsp3) is 0.217. The van der Waals surface area contributed by atoms with Crippen LogP contribution in [0.4, 0.5) is 5.95 Å². The molecule has 0 saturated heterocycles. The van der Waals surface area contributed by atoms with Crippen LogP contribution in [0.25, 0.3) is 10.9 Å². The lowest BCUT2D eigenvalue weighted by molar-refractivity contribution is 0.0950. The van der Waals surface area contributed by atoms with Crippen LogP contribution in [-0.4, -0.2) is 40.5 Å². The van der Waals surface area contributed by atoms with Gasteiger partial charge in [-0.25, -0.2) is 9.97 Å². The van der Waals surface area contributed by atoms with Crippen LogP contribution in [0.2, 0.25) is 0 Å². The first-order valence-corrected chi connectivity index (χ1v) is 10.1. The van der Waals surface area contributed by atoms with E-state index in [-0.39, 0.29) is 11.7 Å². The number of carbonyl (C=O) groups is 1. The summed E-state index contributed by atoms with van der Waals surface area (Å²) in [7, 11) is 1.65. The molecule has 9 nitrogen and oxygen atoms in total. The van der Waals surface area contributed by atoms with E-state index in [1.165, 1.54) is 6.26 Å². The number of hydrogen-bond acceptors (Lipinski definition) is 6. The van der Waals surface area contributed by atoms with Crippen molar-refractivity contribution in [2.24, 2.45) is 4.99 Å². The Morgan fingerprint density at radius 1 is 1.19 bits per heavy atom. The Labute approximate surface area is 184 Å². The number of nitrogens with one attached hydrogen (secondary N) is 3. The number of furan rings is 1. The molecule has 0 unspecified atom stereocenters. The van der Waals surface area contributed by atoms with Crippen LogP contribution in [0, 0.1) is 13.8 Å². The first-order chi connectivity index (χ1) is 15.5. The second-order valence-electron chi connectivity index (χ2n) is 7.24. The smallest absolute Gasteiger partial charge is 0.293 e. The Morgan fingerprint density at radius 2 is 2.00 bits per heavy atom. The highest BCUT2D eigenvalue weighted by Gasteiger charge is 2.13. The molecule has 9 heteroatoms. The molecule has 0 aliphatic carbocycles. The van der Waals surface area contributed by atoms with Crippen molar-refractivity contribution in [1.29, 1.82) is 0 Å². The van der Waals surface area contributed by atoms with Crippen molar-refractivity contribution in [3.63, 3.8) is 0 Å². The van der Waals surface area contributed by atoms with Gasteiger partial charge >= 0.3 is 0 Å². The number of methoxy groups -OCH3 is 1. The van der Waals surface area contributed by atoms with Crippen LogP contribution in [0.15, 0.2) is 58.3 Å². The molecule has 4 aromatic rings. The summed E-state index contributed by atoms with van der Waals surface area (Å²) in [5, 5.41) is 6.83. The number of nitrogens with zero attached hydrogens (tertiary/aromatic N) is 3. The van der Waals surface area contributed by atoms with Gasteiger partial charge in [-0.2, -0.15) is 0 Å². The SMILES string of the molecule is COc1ccc2[nH]cc(CCN=C(NC(=O)c3ccco3)Nc3nc(C)cc(C)n3)c2c1. The third-order valence-corrected chi connectivity index (χ3v) is 4.82. The molecule has 0 atom stereocenters. The fourth-order valence-corrected chi connectivity index (χ4v) is 3.35. The van der Waals surface area contributed by atoms with Gasteiger partial charge in [0.1, 0.15) is 5.75 Å². The van der Waals surface area contributed by atoms with Gasteiger partial charge in [-0.05, 0) is 62.2 Å². The molecule has 0 bridgehead atoms. The Hall–Kier alpha value is -4.14. The van der Waals surface area contributed by atoms with Crippen LogP contribution in [0.5, 0.6) is 5.75 Å². The Morgan fingerprint density at radius 3 is 2.72 bits per heavy atom. The van der Waals surface area contributed by atoms with Gasteiger partial charge in [0, 0.05) is 35.0 Å². The van der Waals surface area contributed by atoms with Gasteiger partial charge < -0.3 is 14.1 Å². The number of amides is 1. The third-order valence-electron chi connectivity index (χ3n) is 4.82. The van der Waals surface area contributed by atoms with Crippen molar-refractivity contribution in [2.45, 2.75) is 20.3 Å².